The van der Waals surface area contributed by atoms with Gasteiger partial charge in [-0.15, -0.1) is 0 Å². The number of carbonyl (C=O) groups excluding carboxylic acids is 1. The summed E-state index contributed by atoms with van der Waals surface area (Å²) in [5, 5.41) is 1.19. The van der Waals surface area contributed by atoms with E-state index in [9.17, 15) is 4.79 Å². The zero-order valence-corrected chi connectivity index (χ0v) is 15.3. The number of para-hydroxylation sites is 1. The normalized spacial score (nSPS) is 18.7. The molecule has 2 atom stereocenters. The Bertz CT molecular complexity index is 1180. The van der Waals surface area contributed by atoms with E-state index in [0.29, 0.717) is 0 Å². The van der Waals surface area contributed by atoms with Gasteiger partial charge in [0.1, 0.15) is 6.29 Å². The van der Waals surface area contributed by atoms with Crippen molar-refractivity contribution in [2.24, 2.45) is 0 Å². The number of benzene rings is 2. The number of hydrogen-bond donors (Lipinski definition) is 2. The minimum absolute atomic E-state index is 0.193. The summed E-state index contributed by atoms with van der Waals surface area (Å²) >= 11 is 0. The third-order valence-electron chi connectivity index (χ3n) is 5.74. The lowest BCUT2D eigenvalue weighted by atomic mass is 9.75. The molecule has 2 unspecified atom stereocenters. The number of hydrogen-bond acceptors (Lipinski definition) is 4. The number of aldehydes is 1. The highest BCUT2D eigenvalue weighted by Gasteiger charge is 2.30. The molecule has 4 aromatic rings. The number of nitrogen functional groups attached to an aromatic ring is 1. The Balaban J connectivity index is 1.63. The number of anilines is 1. The predicted octanol–water partition coefficient (Wildman–Crippen LogP) is 4.22. The number of nitrogens with one attached hydrogen (secondary N) is 1. The third-order valence-corrected chi connectivity index (χ3v) is 5.74. The van der Waals surface area contributed by atoms with Gasteiger partial charge in [0.2, 0.25) is 5.95 Å². The van der Waals surface area contributed by atoms with Crippen molar-refractivity contribution in [2.75, 3.05) is 5.73 Å². The summed E-state index contributed by atoms with van der Waals surface area (Å²) in [4.78, 5) is 23.7. The molecular weight excluding hydrogens is 348 g/mol. The Hall–Kier alpha value is -3.47. The van der Waals surface area contributed by atoms with Crippen LogP contribution in [0.15, 0.2) is 60.9 Å². The molecule has 1 aliphatic carbocycles. The molecule has 0 bridgehead atoms. The number of nitrogens with zero attached hydrogens (tertiary/aromatic N) is 2. The first kappa shape index (κ1) is 16.7. The number of H-pyrrole nitrogens is 1. The maximum atomic E-state index is 11.8. The van der Waals surface area contributed by atoms with E-state index in [1.165, 1.54) is 22.1 Å². The monoisotopic (exact) mass is 368 g/mol. The van der Waals surface area contributed by atoms with E-state index in [-0.39, 0.29) is 17.8 Å². The first-order chi connectivity index (χ1) is 13.7. The second-order valence-electron chi connectivity index (χ2n) is 7.34. The van der Waals surface area contributed by atoms with Crippen molar-refractivity contribution in [2.45, 2.75) is 24.7 Å². The van der Waals surface area contributed by atoms with Gasteiger partial charge in [0.25, 0.3) is 0 Å². The van der Waals surface area contributed by atoms with Gasteiger partial charge in [-0.3, -0.25) is 0 Å². The van der Waals surface area contributed by atoms with Gasteiger partial charge >= 0.3 is 0 Å². The topological polar surface area (TPSA) is 84.7 Å². The average molecular weight is 368 g/mol. The lowest BCUT2D eigenvalue weighted by molar-refractivity contribution is -0.109. The highest BCUT2D eigenvalue weighted by molar-refractivity contribution is 5.95. The van der Waals surface area contributed by atoms with Crippen molar-refractivity contribution in [3.63, 3.8) is 0 Å². The third kappa shape index (κ3) is 2.67. The van der Waals surface area contributed by atoms with Crippen LogP contribution in [0.3, 0.4) is 0 Å². The minimum atomic E-state index is -0.205. The molecule has 2 heterocycles. The fourth-order valence-electron chi connectivity index (χ4n) is 4.44. The molecule has 0 fully saturated rings. The quantitative estimate of drug-likeness (QED) is 0.530. The molecule has 0 radical (unpaired) electrons. The van der Waals surface area contributed by atoms with Crippen LogP contribution in [0.2, 0.25) is 0 Å². The molecule has 2 aromatic heterocycles. The number of rotatable bonds is 3. The Labute approximate surface area is 162 Å². The van der Waals surface area contributed by atoms with Crippen LogP contribution in [0.1, 0.15) is 35.1 Å². The van der Waals surface area contributed by atoms with Gasteiger partial charge in [-0.05, 0) is 41.3 Å². The Morgan fingerprint density at radius 3 is 2.79 bits per heavy atom. The first-order valence-electron chi connectivity index (χ1n) is 9.46. The molecule has 2 aromatic carbocycles. The maximum absolute atomic E-state index is 11.8. The van der Waals surface area contributed by atoms with Crippen LogP contribution >= 0.6 is 0 Å². The first-order valence-corrected chi connectivity index (χ1v) is 9.46. The maximum Gasteiger partial charge on any atom is 0.220 e. The van der Waals surface area contributed by atoms with E-state index in [4.69, 9.17) is 5.73 Å². The zero-order valence-electron chi connectivity index (χ0n) is 15.3. The molecule has 0 saturated carbocycles. The van der Waals surface area contributed by atoms with Gasteiger partial charge in [-0.1, -0.05) is 42.5 Å². The van der Waals surface area contributed by atoms with Crippen molar-refractivity contribution in [1.29, 1.82) is 0 Å². The summed E-state index contributed by atoms with van der Waals surface area (Å²) in [7, 11) is 0. The largest absolute Gasteiger partial charge is 0.368 e. The van der Waals surface area contributed by atoms with Crippen molar-refractivity contribution < 1.29 is 4.79 Å². The molecule has 5 rings (SSSR count). The van der Waals surface area contributed by atoms with Crippen molar-refractivity contribution in [1.82, 2.24) is 15.0 Å². The number of carbonyl (C=O) groups is 1. The Morgan fingerprint density at radius 1 is 1.04 bits per heavy atom. The lowest BCUT2D eigenvalue weighted by Gasteiger charge is -2.29. The van der Waals surface area contributed by atoms with Gasteiger partial charge < -0.3 is 15.5 Å². The van der Waals surface area contributed by atoms with Gasteiger partial charge in [0.15, 0.2) is 0 Å². The predicted molar refractivity (Wildman–Crippen MR) is 110 cm³/mol. The average Bonchev–Trinajstić information content (AvgIpc) is 3.21. The molecular formula is C23H20N4O. The van der Waals surface area contributed by atoms with Gasteiger partial charge in [0.05, 0.1) is 11.2 Å². The molecule has 28 heavy (non-hydrogen) atoms. The van der Waals surface area contributed by atoms with Gasteiger partial charge in [-0.2, -0.15) is 0 Å². The summed E-state index contributed by atoms with van der Waals surface area (Å²) in [5.74, 6) is 0.246. The smallest absolute Gasteiger partial charge is 0.220 e. The van der Waals surface area contributed by atoms with Crippen LogP contribution in [0.4, 0.5) is 5.95 Å². The van der Waals surface area contributed by atoms with E-state index in [2.05, 4.69) is 63.5 Å². The Kier molecular flexibility index (Phi) is 3.93. The molecule has 138 valence electrons. The second kappa shape index (κ2) is 6.60. The number of aromatic nitrogens is 3. The molecule has 0 amide bonds. The SMILES string of the molecule is Nc1ncc2c(n1)CC(c1ccccc1-c1cccc3cc[nH]c13)CC2C=O. The van der Waals surface area contributed by atoms with Crippen molar-refractivity contribution >= 4 is 23.1 Å². The van der Waals surface area contributed by atoms with Crippen LogP contribution in [-0.4, -0.2) is 21.2 Å². The summed E-state index contributed by atoms with van der Waals surface area (Å²) in [5.41, 5.74) is 12.3. The van der Waals surface area contributed by atoms with Crippen LogP contribution in [0.25, 0.3) is 22.0 Å². The highest BCUT2D eigenvalue weighted by atomic mass is 16.1. The summed E-state index contributed by atoms with van der Waals surface area (Å²) in [6, 6.07) is 16.9. The highest BCUT2D eigenvalue weighted by Crippen LogP contribution is 2.42. The molecule has 0 spiro atoms. The fraction of sp³-hybridized carbons (Fsp3) is 0.174. The van der Waals surface area contributed by atoms with Crippen LogP contribution in [-0.2, 0) is 11.2 Å². The molecule has 0 aliphatic heterocycles. The van der Waals surface area contributed by atoms with Crippen molar-refractivity contribution in [3.8, 4) is 11.1 Å². The summed E-state index contributed by atoms with van der Waals surface area (Å²) in [6.07, 6.45) is 6.19. The zero-order chi connectivity index (χ0) is 19.1. The number of nitrogens with two attached hydrogens (primary N) is 1. The molecule has 5 nitrogen and oxygen atoms in total. The van der Waals surface area contributed by atoms with Crippen LogP contribution in [0, 0.1) is 0 Å². The van der Waals surface area contributed by atoms with Crippen molar-refractivity contribution in [3.05, 3.63) is 77.7 Å². The van der Waals surface area contributed by atoms with Gasteiger partial charge in [0, 0.05) is 29.4 Å². The molecule has 5 heteroatoms. The standard InChI is InChI=1S/C23H20N4O/c24-23-26-12-20-16(13-28)10-15(11-21(20)27-23)17-5-1-2-6-18(17)19-7-3-4-14-8-9-25-22(14)19/h1-9,12-13,15-16,25H,10-11H2,(H2,24,26,27). The summed E-state index contributed by atoms with van der Waals surface area (Å²) in [6.45, 7) is 0. The second-order valence-corrected chi connectivity index (χ2v) is 7.34. The van der Waals surface area contributed by atoms with E-state index in [0.717, 1.165) is 35.9 Å². The fourth-order valence-corrected chi connectivity index (χ4v) is 4.44. The van der Waals surface area contributed by atoms with Crippen LogP contribution < -0.4 is 5.73 Å². The molecule has 3 N–H and O–H groups in total. The lowest BCUT2D eigenvalue weighted by Crippen LogP contribution is -2.21. The van der Waals surface area contributed by atoms with E-state index >= 15 is 0 Å². The van der Waals surface area contributed by atoms with E-state index < -0.39 is 0 Å². The summed E-state index contributed by atoms with van der Waals surface area (Å²) < 4.78 is 0. The molecule has 0 saturated heterocycles. The Morgan fingerprint density at radius 2 is 1.89 bits per heavy atom. The van der Waals surface area contributed by atoms with Gasteiger partial charge in [-0.25, -0.2) is 9.97 Å². The minimum Gasteiger partial charge on any atom is -0.368 e. The number of aromatic amines is 1. The van der Waals surface area contributed by atoms with E-state index in [1.54, 1.807) is 6.20 Å². The van der Waals surface area contributed by atoms with Crippen LogP contribution in [0.5, 0.6) is 0 Å². The molecule has 1 aliphatic rings. The van der Waals surface area contributed by atoms with E-state index in [1.807, 2.05) is 6.20 Å². The number of fused-ring (bicyclic) bond motifs is 2.